The molecule has 726 valence electrons. The molecule has 4 saturated heterocycles. The zero-order chi connectivity index (χ0) is 97.9. The fourth-order valence-electron chi connectivity index (χ4n) is 22.2. The number of carboxylic acid groups (broad SMARTS) is 1. The van der Waals surface area contributed by atoms with Crippen molar-refractivity contribution in [1.82, 2.24) is 66.1 Å². The molecule has 8 N–H and O–H groups in total. The number of likely N-dealkylation sites (tertiary alicyclic amines) is 4. The molecule has 8 heterocycles. The second-order valence-corrected chi connectivity index (χ2v) is 39.7. The number of hydrogen-bond donors (Lipinski definition) is 8. The number of benzene rings is 7. The fraction of sp³-hybridized carbons (Fsp3) is 0.458. The van der Waals surface area contributed by atoms with Crippen LogP contribution in [0.15, 0.2) is 168 Å². The lowest BCUT2D eigenvalue weighted by Gasteiger charge is -2.38. The van der Waals surface area contributed by atoms with Gasteiger partial charge in [0.2, 0.25) is 23.6 Å². The highest BCUT2D eigenvalue weighted by atomic mass is 16.6. The molecule has 9 aliphatic rings. The van der Waals surface area contributed by atoms with Crippen LogP contribution < -0.4 is 26.6 Å². The Bertz CT molecular complexity index is 6110. The van der Waals surface area contributed by atoms with E-state index in [0.717, 1.165) is 189 Å². The summed E-state index contributed by atoms with van der Waals surface area (Å²) < 4.78 is 23.6. The Morgan fingerprint density at radius 3 is 1.07 bits per heavy atom. The minimum absolute atomic E-state index is 0.0466. The monoisotopic (exact) mass is 1880 g/mol. The number of aromatic amines is 2. The van der Waals surface area contributed by atoms with Gasteiger partial charge in [0.05, 0.1) is 94.0 Å². The number of H-pyrrole nitrogens is 2. The molecule has 6 aliphatic heterocycles. The lowest BCUT2D eigenvalue weighted by molar-refractivity contribution is -0.141. The topological polar surface area (TPSA) is 392 Å². The molecule has 2 aromatic heterocycles. The quantitative estimate of drug-likeness (QED) is 0.0246. The molecule has 7 fully saturated rings. The third kappa shape index (κ3) is 20.3. The molecule has 3 aliphatic carbocycles. The number of alkyl carbamates (subject to hydrolysis) is 5. The van der Waals surface area contributed by atoms with Crippen LogP contribution in [0.25, 0.3) is 77.9 Å². The second-order valence-electron chi connectivity index (χ2n) is 39.7. The van der Waals surface area contributed by atoms with Crippen LogP contribution in [0.5, 0.6) is 0 Å². The number of nitrogens with one attached hydrogen (secondary N) is 7. The molecule has 7 aromatic carbocycles. The summed E-state index contributed by atoms with van der Waals surface area (Å²) in [6.45, 7) is 19.5. The molecule has 9 aromatic rings. The minimum atomic E-state index is -1.06. The molecular weight excluding hydrogens is 1750 g/mol. The van der Waals surface area contributed by atoms with Gasteiger partial charge in [-0.25, -0.2) is 38.7 Å². The zero-order valence-electron chi connectivity index (χ0n) is 81.1. The first-order valence-corrected chi connectivity index (χ1v) is 48.4. The maximum Gasteiger partial charge on any atom is 0.407 e. The van der Waals surface area contributed by atoms with Crippen molar-refractivity contribution in [2.75, 3.05) is 42.1 Å². The Kier molecular flexibility index (Phi) is 29.4. The molecule has 138 heavy (non-hydrogen) atoms. The van der Waals surface area contributed by atoms with Crippen molar-refractivity contribution < 1.29 is 76.7 Å². The number of carbonyl (C=O) groups excluding carboxylic acids is 9. The van der Waals surface area contributed by atoms with Crippen molar-refractivity contribution in [3.63, 3.8) is 0 Å². The summed E-state index contributed by atoms with van der Waals surface area (Å²) in [5.74, 6) is 0.686. The molecule has 0 spiro atoms. The maximum absolute atomic E-state index is 14.1. The largest absolute Gasteiger partial charge is 0.480 e. The first-order chi connectivity index (χ1) is 66.3. The Morgan fingerprint density at radius 2 is 0.696 bits per heavy atom. The molecule has 0 radical (unpaired) electrons. The van der Waals surface area contributed by atoms with E-state index in [1.165, 1.54) is 41.1 Å². The summed E-state index contributed by atoms with van der Waals surface area (Å²) in [6, 6.07) is 49.8. The summed E-state index contributed by atoms with van der Waals surface area (Å²) in [4.78, 5) is 160. The van der Waals surface area contributed by atoms with Crippen LogP contribution in [0.1, 0.15) is 175 Å². The van der Waals surface area contributed by atoms with Crippen molar-refractivity contribution in [2.24, 2.45) is 57.3 Å². The van der Waals surface area contributed by atoms with Gasteiger partial charge in [0, 0.05) is 48.9 Å². The van der Waals surface area contributed by atoms with Gasteiger partial charge in [-0.2, -0.15) is 0 Å². The molecule has 9 amide bonds. The Balaban J connectivity index is 0.000000179. The number of aliphatic carboxylic acids is 1. The number of ether oxygens (including phenoxy) is 5. The molecule has 31 heteroatoms. The fourth-order valence-corrected chi connectivity index (χ4v) is 22.2. The Labute approximate surface area is 804 Å². The van der Waals surface area contributed by atoms with E-state index in [0.29, 0.717) is 37.1 Å². The lowest BCUT2D eigenvalue weighted by atomic mass is 9.90. The summed E-state index contributed by atoms with van der Waals surface area (Å²) >= 11 is 0. The third-order valence-electron chi connectivity index (χ3n) is 29.3. The Morgan fingerprint density at radius 1 is 0.370 bits per heavy atom. The van der Waals surface area contributed by atoms with Crippen LogP contribution in [0.3, 0.4) is 0 Å². The number of rotatable bonds is 25. The zero-order valence-corrected chi connectivity index (χ0v) is 81.1. The second kappa shape index (κ2) is 41.7. The number of piperidine rings is 3. The van der Waals surface area contributed by atoms with Gasteiger partial charge in [-0.15, -0.1) is 0 Å². The number of hydrogen-bond acceptors (Lipinski definition) is 19. The van der Waals surface area contributed by atoms with Gasteiger partial charge in [-0.1, -0.05) is 184 Å². The molecule has 18 rings (SSSR count). The van der Waals surface area contributed by atoms with Crippen LogP contribution in [0, 0.1) is 47.3 Å². The molecule has 3 saturated carbocycles. The average Bonchev–Trinajstić information content (AvgIpc) is 1.59. The van der Waals surface area contributed by atoms with Gasteiger partial charge in [0.1, 0.15) is 41.9 Å². The number of imidazole rings is 2. The predicted molar refractivity (Wildman–Crippen MR) is 525 cm³/mol. The van der Waals surface area contributed by atoms with E-state index in [-0.39, 0.29) is 95.5 Å². The molecule has 6 bridgehead atoms. The SMILES string of the molecule is COC(=O)N[C@H](C(=O)N1CCC[C@H]1c1ncc(-c2ccc(-c3ccc(-c4ccc5c(c4)CC([C@@H]4[C@H]6CC[C@H](C6)N4C(=O)[C@@H](NC(=O)OC)C(C)C)=N5)cc3)cc2)[nH]1)C(C)C.COC(=O)N[C@H](C(=O)N1[C@@H]2CC[C@@H](C2)[C@H]1C1=Nc2ccc(-c3ccc(-c4ccc(-c5ccc6nc([C@@H]7[C@H]8CC[C@H](C8)N7C(=O)[C@@H](NC(=O)OC)C(C)C)[nH]c6c5)cc4)cc3)cc2C1)C(C)C.COC(=O)N[C@H](C(=O)O)C(C)C. The number of methoxy groups -OCH3 is 5. The van der Waals surface area contributed by atoms with Gasteiger partial charge >= 0.3 is 36.4 Å². The molecule has 0 unspecified atom stereocenters. The van der Waals surface area contributed by atoms with Gasteiger partial charge in [-0.05, 0) is 227 Å². The summed E-state index contributed by atoms with van der Waals surface area (Å²) in [7, 11) is 6.44. The predicted octanol–water partition coefficient (Wildman–Crippen LogP) is 17.7. The maximum atomic E-state index is 14.1. The van der Waals surface area contributed by atoms with Crippen molar-refractivity contribution >= 4 is 93.9 Å². The summed E-state index contributed by atoms with van der Waals surface area (Å²) in [5, 5.41) is 21.9. The van der Waals surface area contributed by atoms with E-state index in [9.17, 15) is 47.9 Å². The number of carbonyl (C=O) groups is 10. The van der Waals surface area contributed by atoms with E-state index in [4.69, 9.17) is 44.0 Å². The van der Waals surface area contributed by atoms with Crippen LogP contribution in [0.2, 0.25) is 0 Å². The molecule has 31 nitrogen and oxygen atoms in total. The minimum Gasteiger partial charge on any atom is -0.480 e. The van der Waals surface area contributed by atoms with Crippen molar-refractivity contribution in [3.05, 3.63) is 181 Å². The van der Waals surface area contributed by atoms with E-state index < -0.39 is 66.6 Å². The number of fused-ring (bicyclic) bond motifs is 9. The Hall–Kier alpha value is -13.7. The van der Waals surface area contributed by atoms with Gasteiger partial charge < -0.3 is 84.9 Å². The van der Waals surface area contributed by atoms with Crippen LogP contribution >= 0.6 is 0 Å². The number of aliphatic imine (C=N–C) groups is 2. The van der Waals surface area contributed by atoms with Crippen molar-refractivity contribution in [3.8, 4) is 66.9 Å². The third-order valence-corrected chi connectivity index (χ3v) is 29.3. The number of aromatic nitrogens is 4. The van der Waals surface area contributed by atoms with Crippen molar-refractivity contribution in [2.45, 2.75) is 225 Å². The smallest absolute Gasteiger partial charge is 0.407 e. The van der Waals surface area contributed by atoms with E-state index in [1.54, 1.807) is 13.8 Å². The standard InChI is InChI=1S/C53H59N7O6.C47H55N7O6.C7H13NO4/c1-28(2)45(57-52(63)65-5)50(61)59-39-19-15-36(24-39)47(59)44-27-38-23-34(17-21-41(38)54-44)32-11-7-30(8-12-32)31-9-13-33(14-10-31)35-18-22-42-43(26-35)56-49(55-42)48-37-16-20-40(25-37)60(48)51(62)46(29(3)4)58-53(64)66-6;1-26(2)40(51-46(57)59-5)44(55)53-21-7-8-39(53)43-48-25-38(50-43)31-15-13-29(14-16-31)28-9-11-30(12-10-28)32-18-20-36-34(22-32)24-37(49-36)42-33-17-19-35(23-33)54(42)45(56)41(27(3)4)52-47(58)60-6;1-4(2)5(6(9)10)8-7(11)12-3/h7-14,17-18,21-23,26,28-29,36-37,39-40,45-48H,15-16,19-20,24-25,27H2,1-6H3,(H,55,56)(H,57,63)(H,58,64);9-16,18,20,22,25-27,33,35,39-42H,7-8,17,19,21,23-24H2,1-6H3,(H,48,50)(H,51,57)(H,52,58);4-5H,1-3H3,(H,8,11)(H,9,10)/t36-,37-,39+,40+,45-,46-,47-,48-;33-,35+,39-,40-,41-,42-;5-/m000/s1. The van der Waals surface area contributed by atoms with Crippen molar-refractivity contribution in [1.29, 1.82) is 0 Å². The highest BCUT2D eigenvalue weighted by molar-refractivity contribution is 6.04. The number of amides is 9. The first-order valence-electron chi connectivity index (χ1n) is 48.4. The molecule has 15 atom stereocenters. The highest BCUT2D eigenvalue weighted by Gasteiger charge is 2.56. The normalized spacial score (nSPS) is 21.7. The first kappa shape index (κ1) is 97.3. The number of carboxylic acids is 1. The van der Waals surface area contributed by atoms with E-state index in [2.05, 4.69) is 187 Å². The van der Waals surface area contributed by atoms with Gasteiger partial charge in [-0.3, -0.25) is 29.2 Å². The average molecular weight is 1880 g/mol. The highest BCUT2D eigenvalue weighted by Crippen LogP contribution is 2.52. The van der Waals surface area contributed by atoms with Gasteiger partial charge in [0.25, 0.3) is 0 Å². The summed E-state index contributed by atoms with van der Waals surface area (Å²) in [6.07, 6.45) is 10.7. The molecular formula is C107H127N15O16. The summed E-state index contributed by atoms with van der Waals surface area (Å²) in [5.41, 5.74) is 21.1. The van der Waals surface area contributed by atoms with Gasteiger partial charge in [0.15, 0.2) is 0 Å². The van der Waals surface area contributed by atoms with Crippen LogP contribution in [0.4, 0.5) is 35.3 Å². The number of nitrogens with zero attached hydrogens (tertiary/aromatic N) is 8. The van der Waals surface area contributed by atoms with Crippen LogP contribution in [-0.2, 0) is 60.5 Å². The lowest BCUT2D eigenvalue weighted by Crippen LogP contribution is -2.57. The van der Waals surface area contributed by atoms with E-state index >= 15 is 0 Å². The van der Waals surface area contributed by atoms with E-state index in [1.807, 2.05) is 87.3 Å². The van der Waals surface area contributed by atoms with Crippen LogP contribution in [-0.4, -0.2) is 219 Å².